The Hall–Kier alpha value is -1.87. The number of carbonyl (C=O) groups excluding carboxylic acids is 1. The van der Waals surface area contributed by atoms with Gasteiger partial charge in [-0.2, -0.15) is 0 Å². The van der Waals surface area contributed by atoms with Crippen LogP contribution in [0.25, 0.3) is 0 Å². The molecule has 1 unspecified atom stereocenters. The van der Waals surface area contributed by atoms with E-state index >= 15 is 0 Å². The van der Waals surface area contributed by atoms with Crippen molar-refractivity contribution in [2.75, 3.05) is 0 Å². The van der Waals surface area contributed by atoms with Crippen molar-refractivity contribution in [3.8, 4) is 5.75 Å². The first-order valence-corrected chi connectivity index (χ1v) is 5.31. The molecule has 20 heavy (non-hydrogen) atoms. The Kier molecular flexibility index (Phi) is 7.55. The van der Waals surface area contributed by atoms with Crippen molar-refractivity contribution in [2.45, 2.75) is 13.3 Å². The number of rotatable bonds is 6. The second kappa shape index (κ2) is 8.33. The maximum absolute atomic E-state index is 11.3. The molecule has 0 aliphatic rings. The predicted octanol–water partition coefficient (Wildman–Crippen LogP) is 1.16. The zero-order chi connectivity index (χ0) is 14.4. The fourth-order valence-corrected chi connectivity index (χ4v) is 1.24. The molecule has 0 amide bonds. The van der Waals surface area contributed by atoms with E-state index in [0.717, 1.165) is 6.07 Å². The van der Waals surface area contributed by atoms with Crippen molar-refractivity contribution in [2.24, 2.45) is 5.92 Å². The molecule has 0 saturated heterocycles. The molecule has 1 aromatic rings. The van der Waals surface area contributed by atoms with Crippen LogP contribution in [0.1, 0.15) is 13.3 Å². The van der Waals surface area contributed by atoms with E-state index in [1.54, 1.807) is 0 Å². The standard InChI is InChI=1S/C11H11NO7.Mg/c1-2-9(10(13)14)11(15)19-18-8-5-3-4-7(6-8)12(16)17;/h3-6,9H,2H2,1H3,(H,13,14);/q;+2. The van der Waals surface area contributed by atoms with Crippen LogP contribution in [0.2, 0.25) is 0 Å². The molecule has 102 valence electrons. The molecule has 1 atom stereocenters. The van der Waals surface area contributed by atoms with E-state index < -0.39 is 22.8 Å². The van der Waals surface area contributed by atoms with Gasteiger partial charge in [-0.1, -0.05) is 13.0 Å². The van der Waals surface area contributed by atoms with E-state index in [0.29, 0.717) is 0 Å². The van der Waals surface area contributed by atoms with Crippen LogP contribution in [-0.2, 0) is 14.5 Å². The summed E-state index contributed by atoms with van der Waals surface area (Å²) in [5, 5.41) is 19.2. The summed E-state index contributed by atoms with van der Waals surface area (Å²) in [6, 6.07) is 4.97. The van der Waals surface area contributed by atoms with Crippen molar-refractivity contribution >= 4 is 40.7 Å². The fourth-order valence-electron chi connectivity index (χ4n) is 1.24. The zero-order valence-corrected chi connectivity index (χ0v) is 12.1. The number of non-ortho nitro benzene ring substituents is 1. The molecule has 0 saturated carbocycles. The molecule has 1 aromatic carbocycles. The van der Waals surface area contributed by atoms with Gasteiger partial charge >= 0.3 is 35.0 Å². The van der Waals surface area contributed by atoms with Crippen LogP contribution in [0, 0.1) is 16.0 Å². The van der Waals surface area contributed by atoms with Gasteiger partial charge in [0.05, 0.1) is 11.0 Å². The van der Waals surface area contributed by atoms with Crippen LogP contribution in [0.3, 0.4) is 0 Å². The normalized spacial score (nSPS) is 10.8. The average molecular weight is 294 g/mol. The van der Waals surface area contributed by atoms with Crippen molar-refractivity contribution in [1.29, 1.82) is 0 Å². The van der Waals surface area contributed by atoms with Gasteiger partial charge in [-0.3, -0.25) is 19.8 Å². The van der Waals surface area contributed by atoms with E-state index in [1.807, 2.05) is 0 Å². The van der Waals surface area contributed by atoms with E-state index in [4.69, 9.17) is 5.11 Å². The van der Waals surface area contributed by atoms with Gasteiger partial charge < -0.3 is 5.11 Å². The van der Waals surface area contributed by atoms with Crippen LogP contribution >= 0.6 is 0 Å². The van der Waals surface area contributed by atoms with Crippen LogP contribution in [0.4, 0.5) is 5.69 Å². The third kappa shape index (κ3) is 5.01. The van der Waals surface area contributed by atoms with Crippen LogP contribution in [0.5, 0.6) is 5.75 Å². The Labute approximate surface area is 129 Å². The summed E-state index contributed by atoms with van der Waals surface area (Å²) in [6.45, 7) is 1.51. The zero-order valence-electron chi connectivity index (χ0n) is 10.6. The molecule has 0 heterocycles. The van der Waals surface area contributed by atoms with E-state index in [1.165, 1.54) is 25.1 Å². The Morgan fingerprint density at radius 3 is 2.60 bits per heavy atom. The molecular weight excluding hydrogens is 282 g/mol. The van der Waals surface area contributed by atoms with Crippen molar-refractivity contribution in [3.63, 3.8) is 0 Å². The van der Waals surface area contributed by atoms with Gasteiger partial charge in [-0.15, -0.1) is 0 Å². The summed E-state index contributed by atoms with van der Waals surface area (Å²) in [5.74, 6) is -3.79. The van der Waals surface area contributed by atoms with Gasteiger partial charge in [0, 0.05) is 6.07 Å². The summed E-state index contributed by atoms with van der Waals surface area (Å²) in [4.78, 5) is 40.8. The van der Waals surface area contributed by atoms with Crippen molar-refractivity contribution in [3.05, 3.63) is 34.4 Å². The number of nitro groups is 1. The first-order valence-electron chi connectivity index (χ1n) is 5.31. The maximum atomic E-state index is 11.3. The number of carboxylic acid groups (broad SMARTS) is 1. The third-order valence-electron chi connectivity index (χ3n) is 2.24. The molecule has 0 bridgehead atoms. The largest absolute Gasteiger partial charge is 2.00 e. The SMILES string of the molecule is CCC(C(=O)O)C(=O)OOc1cccc([N+](=O)[O-])c1.[Mg+2]. The number of carboxylic acids is 1. The summed E-state index contributed by atoms with van der Waals surface area (Å²) in [5.41, 5.74) is -0.237. The van der Waals surface area contributed by atoms with Gasteiger partial charge in [0.1, 0.15) is 0 Å². The van der Waals surface area contributed by atoms with Gasteiger partial charge in [-0.05, 0) is 12.5 Å². The number of carbonyl (C=O) groups is 2. The minimum absolute atomic E-state index is 0. The summed E-state index contributed by atoms with van der Waals surface area (Å²) in [6.07, 6.45) is 0.0481. The topological polar surface area (TPSA) is 116 Å². The number of nitro benzene ring substituents is 1. The molecule has 0 spiro atoms. The molecule has 8 nitrogen and oxygen atoms in total. The minimum Gasteiger partial charge on any atom is -0.481 e. The molecule has 0 radical (unpaired) electrons. The number of nitrogens with zero attached hydrogens (tertiary/aromatic N) is 1. The third-order valence-corrected chi connectivity index (χ3v) is 2.24. The second-order valence-electron chi connectivity index (χ2n) is 3.54. The minimum atomic E-state index is -1.33. The predicted molar refractivity (Wildman–Crippen MR) is 67.0 cm³/mol. The van der Waals surface area contributed by atoms with Gasteiger partial charge in [-0.25, -0.2) is 9.68 Å². The van der Waals surface area contributed by atoms with Crippen LogP contribution < -0.4 is 4.89 Å². The Bertz CT molecular complexity index is 505. The molecule has 1 N–H and O–H groups in total. The number of benzene rings is 1. The molecule has 0 fully saturated rings. The molecule has 9 heteroatoms. The van der Waals surface area contributed by atoms with Gasteiger partial charge in [0.2, 0.25) is 0 Å². The van der Waals surface area contributed by atoms with Crippen LogP contribution in [0.15, 0.2) is 24.3 Å². The molecular formula is C11H11MgNO7+2. The van der Waals surface area contributed by atoms with E-state index in [2.05, 4.69) is 9.78 Å². The smallest absolute Gasteiger partial charge is 0.481 e. The Morgan fingerprint density at radius 1 is 1.45 bits per heavy atom. The molecule has 1 rings (SSSR count). The number of hydrogen-bond donors (Lipinski definition) is 1. The van der Waals surface area contributed by atoms with E-state index in [-0.39, 0.29) is 40.9 Å². The second-order valence-corrected chi connectivity index (χ2v) is 3.54. The van der Waals surface area contributed by atoms with Gasteiger partial charge in [0.25, 0.3) is 5.69 Å². The first kappa shape index (κ1) is 18.1. The molecule has 0 aliphatic carbocycles. The van der Waals surface area contributed by atoms with Gasteiger partial charge in [0.15, 0.2) is 11.7 Å². The summed E-state index contributed by atoms with van der Waals surface area (Å²) in [7, 11) is 0. The van der Waals surface area contributed by atoms with E-state index in [9.17, 15) is 19.7 Å². The Morgan fingerprint density at radius 2 is 2.10 bits per heavy atom. The number of aliphatic carboxylic acids is 1. The average Bonchev–Trinajstić information content (AvgIpc) is 2.37. The monoisotopic (exact) mass is 293 g/mol. The summed E-state index contributed by atoms with van der Waals surface area (Å²) >= 11 is 0. The first-order chi connectivity index (χ1) is 8.95. The molecule has 0 aromatic heterocycles. The van der Waals surface area contributed by atoms with Crippen LogP contribution in [-0.4, -0.2) is 45.0 Å². The van der Waals surface area contributed by atoms with Crippen molar-refractivity contribution in [1.82, 2.24) is 0 Å². The summed E-state index contributed by atoms with van der Waals surface area (Å²) < 4.78 is 0. The molecule has 0 aliphatic heterocycles. The maximum Gasteiger partial charge on any atom is 2.00 e. The van der Waals surface area contributed by atoms with Crippen molar-refractivity contribution < 1.29 is 29.4 Å². The Balaban J connectivity index is 0.00000361. The number of hydrogen-bond acceptors (Lipinski definition) is 6. The quantitative estimate of drug-likeness (QED) is 0.275. The fraction of sp³-hybridized carbons (Fsp3) is 0.273.